The lowest BCUT2D eigenvalue weighted by Crippen LogP contribution is -2.15. The van der Waals surface area contributed by atoms with E-state index in [4.69, 9.17) is 0 Å². The Morgan fingerprint density at radius 2 is 2.27 bits per heavy atom. The van der Waals surface area contributed by atoms with Crippen LogP contribution in [0.4, 0.5) is 0 Å². The second kappa shape index (κ2) is 9.07. The van der Waals surface area contributed by atoms with Crippen LogP contribution in [0.2, 0.25) is 0 Å². The molecule has 0 saturated carbocycles. The van der Waals surface area contributed by atoms with E-state index in [1.54, 1.807) is 0 Å². The van der Waals surface area contributed by atoms with E-state index in [9.17, 15) is 9.59 Å². The quantitative estimate of drug-likeness (QED) is 0.419. The number of aldehydes is 1. The molecule has 0 N–H and O–H groups in total. The normalized spacial score (nSPS) is 23.3. The van der Waals surface area contributed by atoms with E-state index >= 15 is 0 Å². The summed E-state index contributed by atoms with van der Waals surface area (Å²) in [4.78, 5) is 23.5. The highest BCUT2D eigenvalue weighted by Gasteiger charge is 2.22. The first-order valence-corrected chi connectivity index (χ1v) is 9.07. The van der Waals surface area contributed by atoms with Crippen molar-refractivity contribution in [3.8, 4) is 0 Å². The number of allylic oxidation sites excluding steroid dienone is 4. The van der Waals surface area contributed by atoms with Crippen molar-refractivity contribution in [1.82, 2.24) is 0 Å². The van der Waals surface area contributed by atoms with Crippen molar-refractivity contribution in [2.45, 2.75) is 71.1 Å². The zero-order valence-electron chi connectivity index (χ0n) is 13.9. The lowest BCUT2D eigenvalue weighted by molar-refractivity contribution is -0.120. The fourth-order valence-electron chi connectivity index (χ4n) is 3.93. The van der Waals surface area contributed by atoms with E-state index in [0.717, 1.165) is 44.8 Å². The summed E-state index contributed by atoms with van der Waals surface area (Å²) in [6, 6.07) is 0. The average Bonchev–Trinajstić information content (AvgIpc) is 3.22. The van der Waals surface area contributed by atoms with Crippen LogP contribution in [-0.2, 0) is 9.59 Å². The number of carbonyl (C=O) groups is 2. The minimum atomic E-state index is 0.0648. The maximum Gasteiger partial charge on any atom is 0.133 e. The van der Waals surface area contributed by atoms with Crippen LogP contribution in [-0.4, -0.2) is 12.1 Å². The summed E-state index contributed by atoms with van der Waals surface area (Å²) in [5, 5.41) is 0. The van der Waals surface area contributed by atoms with Gasteiger partial charge in [-0.3, -0.25) is 4.79 Å². The number of hydrogen-bond acceptors (Lipinski definition) is 2. The number of hydrogen-bond donors (Lipinski definition) is 0. The molecule has 2 aliphatic rings. The number of rotatable bonds is 10. The molecule has 22 heavy (non-hydrogen) atoms. The van der Waals surface area contributed by atoms with Crippen LogP contribution < -0.4 is 0 Å². The zero-order valence-corrected chi connectivity index (χ0v) is 13.9. The molecule has 0 amide bonds. The van der Waals surface area contributed by atoms with Crippen molar-refractivity contribution < 1.29 is 9.59 Å². The second-order valence-corrected chi connectivity index (χ2v) is 6.89. The van der Waals surface area contributed by atoms with Crippen LogP contribution in [0.25, 0.3) is 0 Å². The van der Waals surface area contributed by atoms with Crippen molar-refractivity contribution in [3.63, 3.8) is 0 Å². The molecule has 0 saturated heterocycles. The Morgan fingerprint density at radius 1 is 1.41 bits per heavy atom. The van der Waals surface area contributed by atoms with Gasteiger partial charge in [0.25, 0.3) is 0 Å². The van der Waals surface area contributed by atoms with Crippen LogP contribution in [0.15, 0.2) is 23.8 Å². The lowest BCUT2D eigenvalue weighted by atomic mass is 9.84. The van der Waals surface area contributed by atoms with Gasteiger partial charge in [0, 0.05) is 18.8 Å². The molecule has 0 aromatic rings. The van der Waals surface area contributed by atoms with E-state index in [1.807, 2.05) is 0 Å². The van der Waals surface area contributed by atoms with Gasteiger partial charge in [-0.05, 0) is 56.8 Å². The third-order valence-corrected chi connectivity index (χ3v) is 5.36. The minimum absolute atomic E-state index is 0.0648. The molecule has 0 bridgehead atoms. The fourth-order valence-corrected chi connectivity index (χ4v) is 3.93. The Labute approximate surface area is 135 Å². The van der Waals surface area contributed by atoms with Crippen molar-refractivity contribution in [3.05, 3.63) is 23.8 Å². The molecule has 0 aromatic carbocycles. The largest absolute Gasteiger partial charge is 0.303 e. The first kappa shape index (κ1) is 17.2. The van der Waals surface area contributed by atoms with Crippen molar-refractivity contribution >= 4 is 12.1 Å². The van der Waals surface area contributed by atoms with E-state index < -0.39 is 0 Å². The molecule has 2 aliphatic carbocycles. The van der Waals surface area contributed by atoms with Gasteiger partial charge >= 0.3 is 0 Å². The minimum Gasteiger partial charge on any atom is -0.303 e. The Bertz CT molecular complexity index is 433. The molecular formula is C20H30O2. The number of ketones is 1. The highest BCUT2D eigenvalue weighted by Crippen LogP contribution is 2.31. The SMILES string of the molecule is CCC(CC(=O)CCCC(C=O)C1=CCCC1)C1C=CCC1. The van der Waals surface area contributed by atoms with Crippen molar-refractivity contribution in [1.29, 1.82) is 0 Å². The highest BCUT2D eigenvalue weighted by atomic mass is 16.1. The molecule has 0 heterocycles. The molecule has 122 valence electrons. The molecule has 0 radical (unpaired) electrons. The summed E-state index contributed by atoms with van der Waals surface area (Å²) >= 11 is 0. The molecule has 0 aromatic heterocycles. The summed E-state index contributed by atoms with van der Waals surface area (Å²) in [5.41, 5.74) is 1.31. The standard InChI is InChI=1S/C20H30O2/c1-2-16(17-8-3-4-9-17)14-20(22)13-7-12-19(15-21)18-10-5-6-11-18/h3,8,10,15-17,19H,2,4-7,9,11-14H2,1H3. The Morgan fingerprint density at radius 3 is 2.86 bits per heavy atom. The van der Waals surface area contributed by atoms with Gasteiger partial charge in [-0.1, -0.05) is 37.1 Å². The molecular weight excluding hydrogens is 272 g/mol. The third-order valence-electron chi connectivity index (χ3n) is 5.36. The van der Waals surface area contributed by atoms with Crippen molar-refractivity contribution in [2.24, 2.45) is 17.8 Å². The summed E-state index contributed by atoms with van der Waals surface area (Å²) in [6.45, 7) is 2.19. The number of carbonyl (C=O) groups excluding carboxylic acids is 2. The maximum atomic E-state index is 12.2. The first-order valence-electron chi connectivity index (χ1n) is 9.07. The van der Waals surface area contributed by atoms with Gasteiger partial charge < -0.3 is 4.79 Å². The Kier molecular flexibility index (Phi) is 7.08. The molecule has 2 nitrogen and oxygen atoms in total. The molecule has 0 aliphatic heterocycles. The van der Waals surface area contributed by atoms with Gasteiger partial charge in [-0.2, -0.15) is 0 Å². The summed E-state index contributed by atoms with van der Waals surface area (Å²) in [7, 11) is 0. The molecule has 0 spiro atoms. The second-order valence-electron chi connectivity index (χ2n) is 6.89. The van der Waals surface area contributed by atoms with Gasteiger partial charge in [0.2, 0.25) is 0 Å². The Balaban J connectivity index is 1.70. The van der Waals surface area contributed by atoms with Gasteiger partial charge in [0.1, 0.15) is 12.1 Å². The first-order chi connectivity index (χ1) is 10.7. The van der Waals surface area contributed by atoms with Gasteiger partial charge in [0.05, 0.1) is 0 Å². The lowest BCUT2D eigenvalue weighted by Gasteiger charge is -2.20. The molecule has 3 atom stereocenters. The topological polar surface area (TPSA) is 34.1 Å². The van der Waals surface area contributed by atoms with Gasteiger partial charge in [-0.15, -0.1) is 0 Å². The summed E-state index contributed by atoms with van der Waals surface area (Å²) in [5.74, 6) is 1.58. The molecule has 0 fully saturated rings. The average molecular weight is 302 g/mol. The van der Waals surface area contributed by atoms with E-state index in [2.05, 4.69) is 25.2 Å². The van der Waals surface area contributed by atoms with Crippen LogP contribution in [0.5, 0.6) is 0 Å². The van der Waals surface area contributed by atoms with E-state index in [1.165, 1.54) is 24.8 Å². The van der Waals surface area contributed by atoms with Crippen molar-refractivity contribution in [2.75, 3.05) is 0 Å². The monoisotopic (exact) mass is 302 g/mol. The van der Waals surface area contributed by atoms with Crippen LogP contribution in [0.1, 0.15) is 71.1 Å². The van der Waals surface area contributed by atoms with Crippen LogP contribution in [0, 0.1) is 17.8 Å². The smallest absolute Gasteiger partial charge is 0.133 e. The summed E-state index contributed by atoms with van der Waals surface area (Å²) < 4.78 is 0. The third kappa shape index (κ3) is 4.93. The number of Topliss-reactive ketones (excluding diaryl/α,β-unsaturated/α-hetero) is 1. The molecule has 2 rings (SSSR count). The van der Waals surface area contributed by atoms with Gasteiger partial charge in [-0.25, -0.2) is 0 Å². The van der Waals surface area contributed by atoms with E-state index in [0.29, 0.717) is 24.0 Å². The van der Waals surface area contributed by atoms with Gasteiger partial charge in [0.15, 0.2) is 0 Å². The Hall–Kier alpha value is -1.18. The van der Waals surface area contributed by atoms with Crippen LogP contribution in [0.3, 0.4) is 0 Å². The summed E-state index contributed by atoms with van der Waals surface area (Å²) in [6.07, 6.45) is 17.8. The predicted molar refractivity (Wildman–Crippen MR) is 90.6 cm³/mol. The van der Waals surface area contributed by atoms with Crippen LogP contribution >= 0.6 is 0 Å². The molecule has 3 unspecified atom stereocenters. The van der Waals surface area contributed by atoms with E-state index in [-0.39, 0.29) is 5.92 Å². The predicted octanol–water partition coefficient (Wildman–Crippen LogP) is 5.03. The zero-order chi connectivity index (χ0) is 15.8. The highest BCUT2D eigenvalue weighted by molar-refractivity contribution is 5.78. The maximum absolute atomic E-state index is 12.2. The fraction of sp³-hybridized carbons (Fsp3) is 0.700. The molecule has 2 heteroatoms.